The van der Waals surface area contributed by atoms with Gasteiger partial charge in [-0.15, -0.1) is 10.2 Å². The highest BCUT2D eigenvalue weighted by Gasteiger charge is 2.25. The van der Waals surface area contributed by atoms with Gasteiger partial charge < -0.3 is 10.1 Å². The lowest BCUT2D eigenvalue weighted by Crippen LogP contribution is -2.28. The van der Waals surface area contributed by atoms with Crippen molar-refractivity contribution in [2.75, 3.05) is 7.05 Å². The van der Waals surface area contributed by atoms with Gasteiger partial charge >= 0.3 is 0 Å². The minimum Gasteiger partial charge on any atom is -0.485 e. The molecule has 0 aliphatic heterocycles. The Balaban J connectivity index is 1.82. The van der Waals surface area contributed by atoms with E-state index >= 15 is 0 Å². The number of carbonyl (C=O) groups is 1. The molecule has 0 saturated heterocycles. The molecule has 1 atom stereocenters. The van der Waals surface area contributed by atoms with Crippen molar-refractivity contribution < 1.29 is 9.53 Å². The van der Waals surface area contributed by atoms with Crippen LogP contribution in [0.1, 0.15) is 56.5 Å². The second-order valence-corrected chi connectivity index (χ2v) is 8.88. The summed E-state index contributed by atoms with van der Waals surface area (Å²) in [5.41, 5.74) is 0.985. The summed E-state index contributed by atoms with van der Waals surface area (Å²) >= 11 is 7.48. The van der Waals surface area contributed by atoms with Gasteiger partial charge in [-0.25, -0.2) is 0 Å². The molecule has 1 aliphatic rings. The highest BCUT2D eigenvalue weighted by atomic mass is 35.5. The maximum Gasteiger partial charge on any atom is 0.233 e. The minimum atomic E-state index is -0.233. The first kappa shape index (κ1) is 21.0. The van der Waals surface area contributed by atoms with Gasteiger partial charge in [-0.2, -0.15) is 0 Å². The zero-order valence-corrected chi connectivity index (χ0v) is 18.1. The number of carbonyl (C=O) groups excluding carboxylic acids is 1. The average molecular weight is 423 g/mol. The van der Waals surface area contributed by atoms with Gasteiger partial charge in [0.2, 0.25) is 5.91 Å². The monoisotopic (exact) mass is 422 g/mol. The number of aromatic nitrogens is 3. The SMILES string of the molecule is CNC(=O)[C@@H](C)Sc1nnc(COc2ccc(Cl)cc2C)n1C1CCCCC1. The lowest BCUT2D eigenvalue weighted by Gasteiger charge is -2.26. The zero-order chi connectivity index (χ0) is 20.1. The van der Waals surface area contributed by atoms with E-state index in [0.29, 0.717) is 17.7 Å². The Morgan fingerprint density at radius 2 is 2.11 bits per heavy atom. The number of thioether (sulfide) groups is 1. The third-order valence-corrected chi connectivity index (χ3v) is 6.36. The van der Waals surface area contributed by atoms with Gasteiger partial charge in [0, 0.05) is 18.1 Å². The summed E-state index contributed by atoms with van der Waals surface area (Å²) < 4.78 is 8.21. The Kier molecular flexibility index (Phi) is 7.24. The van der Waals surface area contributed by atoms with Crippen molar-refractivity contribution in [1.29, 1.82) is 0 Å². The fraction of sp³-hybridized carbons (Fsp3) is 0.550. The van der Waals surface area contributed by atoms with Gasteiger partial charge in [0.15, 0.2) is 11.0 Å². The number of halogens is 1. The molecule has 1 fully saturated rings. The van der Waals surface area contributed by atoms with Crippen LogP contribution < -0.4 is 10.1 Å². The second kappa shape index (κ2) is 9.65. The fourth-order valence-electron chi connectivity index (χ4n) is 3.52. The van der Waals surface area contributed by atoms with E-state index in [1.54, 1.807) is 7.05 Å². The fourth-order valence-corrected chi connectivity index (χ4v) is 4.75. The Labute approximate surface area is 175 Å². The first-order chi connectivity index (χ1) is 13.5. The van der Waals surface area contributed by atoms with Crippen molar-refractivity contribution in [3.63, 3.8) is 0 Å². The molecule has 152 valence electrons. The lowest BCUT2D eigenvalue weighted by atomic mass is 9.95. The van der Waals surface area contributed by atoms with Gasteiger partial charge in [0.25, 0.3) is 0 Å². The number of rotatable bonds is 7. The molecule has 1 saturated carbocycles. The van der Waals surface area contributed by atoms with Crippen molar-refractivity contribution in [2.45, 2.75) is 69.0 Å². The van der Waals surface area contributed by atoms with Crippen LogP contribution in [0, 0.1) is 6.92 Å². The van der Waals surface area contributed by atoms with Crippen LogP contribution in [-0.2, 0) is 11.4 Å². The second-order valence-electron chi connectivity index (χ2n) is 7.13. The smallest absolute Gasteiger partial charge is 0.233 e. The molecule has 1 amide bonds. The van der Waals surface area contributed by atoms with Crippen LogP contribution in [0.5, 0.6) is 5.75 Å². The molecule has 1 heterocycles. The topological polar surface area (TPSA) is 69.0 Å². The summed E-state index contributed by atoms with van der Waals surface area (Å²) in [5.74, 6) is 1.57. The van der Waals surface area contributed by atoms with Gasteiger partial charge in [-0.1, -0.05) is 42.6 Å². The van der Waals surface area contributed by atoms with E-state index in [-0.39, 0.29) is 11.2 Å². The van der Waals surface area contributed by atoms with Crippen LogP contribution in [0.4, 0.5) is 0 Å². The van der Waals surface area contributed by atoms with Crippen molar-refractivity contribution in [3.8, 4) is 5.75 Å². The quantitative estimate of drug-likeness (QED) is 0.663. The molecule has 1 N–H and O–H groups in total. The molecule has 1 aliphatic carbocycles. The van der Waals surface area contributed by atoms with E-state index < -0.39 is 0 Å². The van der Waals surface area contributed by atoms with E-state index in [9.17, 15) is 4.79 Å². The summed E-state index contributed by atoms with van der Waals surface area (Å²) in [6, 6.07) is 5.94. The molecule has 0 spiro atoms. The van der Waals surface area contributed by atoms with Gasteiger partial charge in [-0.3, -0.25) is 9.36 Å². The Hall–Kier alpha value is -1.73. The maximum atomic E-state index is 12.0. The zero-order valence-electron chi connectivity index (χ0n) is 16.6. The normalized spacial score (nSPS) is 16.0. The molecule has 2 aromatic rings. The lowest BCUT2D eigenvalue weighted by molar-refractivity contribution is -0.119. The third-order valence-electron chi connectivity index (χ3n) is 5.07. The van der Waals surface area contributed by atoms with Crippen molar-refractivity contribution in [1.82, 2.24) is 20.1 Å². The summed E-state index contributed by atoms with van der Waals surface area (Å²) in [6.45, 7) is 4.19. The molecule has 8 heteroatoms. The predicted molar refractivity (Wildman–Crippen MR) is 112 cm³/mol. The Morgan fingerprint density at radius 1 is 1.36 bits per heavy atom. The highest BCUT2D eigenvalue weighted by molar-refractivity contribution is 8.00. The molecule has 6 nitrogen and oxygen atoms in total. The standard InChI is InChI=1S/C20H27ClN4O2S/c1-13-11-15(21)9-10-17(13)27-12-18-23-24-20(28-14(2)19(26)22-3)25(18)16-7-5-4-6-8-16/h9-11,14,16H,4-8,12H2,1-3H3,(H,22,26)/t14-/m1/s1. The van der Waals surface area contributed by atoms with Crippen LogP contribution in [0.3, 0.4) is 0 Å². The first-order valence-corrected chi connectivity index (χ1v) is 11.0. The summed E-state index contributed by atoms with van der Waals surface area (Å²) in [5, 5.41) is 12.7. The van der Waals surface area contributed by atoms with Crippen LogP contribution in [-0.4, -0.2) is 33.0 Å². The van der Waals surface area contributed by atoms with Crippen LogP contribution >= 0.6 is 23.4 Å². The third kappa shape index (κ3) is 5.00. The van der Waals surface area contributed by atoms with Crippen LogP contribution in [0.25, 0.3) is 0 Å². The molecule has 3 rings (SSSR count). The highest BCUT2D eigenvalue weighted by Crippen LogP contribution is 2.34. The van der Waals surface area contributed by atoms with Crippen LogP contribution in [0.15, 0.2) is 23.4 Å². The Bertz CT molecular complexity index is 821. The largest absolute Gasteiger partial charge is 0.485 e. The van der Waals surface area contributed by atoms with Crippen LogP contribution in [0.2, 0.25) is 5.02 Å². The number of nitrogens with one attached hydrogen (secondary N) is 1. The number of hydrogen-bond donors (Lipinski definition) is 1. The van der Waals surface area contributed by atoms with E-state index in [1.807, 2.05) is 32.0 Å². The average Bonchev–Trinajstić information content (AvgIpc) is 3.09. The van der Waals surface area contributed by atoms with E-state index in [2.05, 4.69) is 20.1 Å². The minimum absolute atomic E-state index is 0.0159. The van der Waals surface area contributed by atoms with Gasteiger partial charge in [0.05, 0.1) is 5.25 Å². The summed E-state index contributed by atoms with van der Waals surface area (Å²) in [4.78, 5) is 12.0. The van der Waals surface area contributed by atoms with Crippen molar-refractivity contribution in [3.05, 3.63) is 34.6 Å². The number of aryl methyl sites for hydroxylation is 1. The van der Waals surface area contributed by atoms with E-state index in [0.717, 1.165) is 35.1 Å². The van der Waals surface area contributed by atoms with Gasteiger partial charge in [-0.05, 0) is 50.5 Å². The molecule has 0 unspecified atom stereocenters. The first-order valence-electron chi connectivity index (χ1n) is 9.70. The van der Waals surface area contributed by atoms with Crippen molar-refractivity contribution in [2.24, 2.45) is 0 Å². The molecular weight excluding hydrogens is 396 g/mol. The number of nitrogens with zero attached hydrogens (tertiary/aromatic N) is 3. The molecule has 1 aromatic heterocycles. The van der Waals surface area contributed by atoms with E-state index in [1.165, 1.54) is 31.0 Å². The molecule has 0 bridgehead atoms. The van der Waals surface area contributed by atoms with E-state index in [4.69, 9.17) is 16.3 Å². The number of ether oxygens (including phenoxy) is 1. The van der Waals surface area contributed by atoms with Gasteiger partial charge in [0.1, 0.15) is 12.4 Å². The number of amides is 1. The number of benzene rings is 1. The molecule has 1 aromatic carbocycles. The summed E-state index contributed by atoms with van der Waals surface area (Å²) in [7, 11) is 1.65. The molecule has 28 heavy (non-hydrogen) atoms. The molecule has 0 radical (unpaired) electrons. The Morgan fingerprint density at radius 3 is 2.79 bits per heavy atom. The maximum absolute atomic E-state index is 12.0. The van der Waals surface area contributed by atoms with Crippen molar-refractivity contribution >= 4 is 29.3 Å². The number of hydrogen-bond acceptors (Lipinski definition) is 5. The summed E-state index contributed by atoms with van der Waals surface area (Å²) in [6.07, 6.45) is 5.88. The predicted octanol–water partition coefficient (Wildman–Crippen LogP) is 4.55. The molecular formula is C20H27ClN4O2S.